The first-order valence-corrected chi connectivity index (χ1v) is 10.5. The molecule has 8 nitrogen and oxygen atoms in total. The average molecular weight is 504 g/mol. The van der Waals surface area contributed by atoms with E-state index >= 15 is 0 Å². The molecule has 1 aliphatic rings. The summed E-state index contributed by atoms with van der Waals surface area (Å²) in [5.74, 6) is -6.99. The Labute approximate surface area is 198 Å². The number of amides is 1. The van der Waals surface area contributed by atoms with Gasteiger partial charge >= 0.3 is 6.18 Å². The first-order chi connectivity index (χ1) is 16.4. The van der Waals surface area contributed by atoms with E-state index in [2.05, 4.69) is 15.3 Å². The molecule has 1 aliphatic heterocycles. The molecule has 1 aromatic heterocycles. The Balaban J connectivity index is 2.02. The van der Waals surface area contributed by atoms with Crippen molar-refractivity contribution in [1.82, 2.24) is 9.97 Å². The van der Waals surface area contributed by atoms with E-state index in [1.807, 2.05) is 0 Å². The van der Waals surface area contributed by atoms with Gasteiger partial charge in [-0.2, -0.15) is 17.6 Å². The Hall–Kier alpha value is -2.90. The third kappa shape index (κ3) is 4.93. The molecule has 1 fully saturated rings. The maximum absolute atomic E-state index is 14.4. The number of hydrogen-bond donors (Lipinski definition) is 2. The number of carbonyl (C=O) groups is 1. The number of methoxy groups -OCH3 is 2. The Morgan fingerprint density at radius 1 is 1.29 bits per heavy atom. The first-order valence-electron chi connectivity index (χ1n) is 10.5. The van der Waals surface area contributed by atoms with Crippen LogP contribution in [-0.4, -0.2) is 54.6 Å². The van der Waals surface area contributed by atoms with Gasteiger partial charge in [0.2, 0.25) is 5.82 Å². The van der Waals surface area contributed by atoms with Gasteiger partial charge in [-0.05, 0) is 13.0 Å². The van der Waals surface area contributed by atoms with Crippen LogP contribution in [0.25, 0.3) is 0 Å². The smallest absolute Gasteiger partial charge is 0.417 e. The summed E-state index contributed by atoms with van der Waals surface area (Å²) in [5.41, 5.74) is 3.33. The van der Waals surface area contributed by atoms with Crippen molar-refractivity contribution in [2.75, 3.05) is 26.1 Å². The van der Waals surface area contributed by atoms with Crippen molar-refractivity contribution in [3.8, 4) is 5.75 Å². The van der Waals surface area contributed by atoms with Crippen LogP contribution in [0.3, 0.4) is 0 Å². The van der Waals surface area contributed by atoms with E-state index in [4.69, 9.17) is 19.9 Å². The molecule has 0 bridgehead atoms. The number of halogens is 5. The van der Waals surface area contributed by atoms with E-state index in [0.29, 0.717) is 5.69 Å². The molecule has 0 unspecified atom stereocenters. The molecule has 1 saturated heterocycles. The number of ether oxygens (including phenoxy) is 3. The molecule has 3 N–H and O–H groups in total. The van der Waals surface area contributed by atoms with Gasteiger partial charge in [0.1, 0.15) is 18.2 Å². The van der Waals surface area contributed by atoms with Gasteiger partial charge in [0.15, 0.2) is 17.2 Å². The molecule has 0 radical (unpaired) electrons. The minimum absolute atomic E-state index is 0.0422. The Bertz CT molecular complexity index is 1090. The van der Waals surface area contributed by atoms with Crippen molar-refractivity contribution in [1.29, 1.82) is 0 Å². The lowest BCUT2D eigenvalue weighted by atomic mass is 9.77. The van der Waals surface area contributed by atoms with Crippen LogP contribution in [-0.2, 0) is 14.3 Å². The summed E-state index contributed by atoms with van der Waals surface area (Å²) in [6.45, 7) is 2.14. The van der Waals surface area contributed by atoms with Gasteiger partial charge in [-0.25, -0.2) is 14.4 Å². The molecule has 2 aromatic rings. The van der Waals surface area contributed by atoms with E-state index in [9.17, 15) is 26.7 Å². The number of carbonyl (C=O) groups excluding carboxylic acids is 1. The van der Waals surface area contributed by atoms with E-state index < -0.39 is 59.1 Å². The van der Waals surface area contributed by atoms with Crippen LogP contribution in [0, 0.1) is 17.6 Å². The van der Waals surface area contributed by atoms with Crippen LogP contribution < -0.4 is 15.8 Å². The molecule has 2 heterocycles. The molecule has 5 atom stereocenters. The van der Waals surface area contributed by atoms with E-state index in [-0.39, 0.29) is 18.0 Å². The lowest BCUT2D eigenvalue weighted by Crippen LogP contribution is -2.47. The molecule has 1 aromatic carbocycles. The molecular formula is C22H25F5N4O4. The second-order valence-electron chi connectivity index (χ2n) is 8.32. The predicted octanol–water partition coefficient (Wildman–Crippen LogP) is 3.49. The minimum atomic E-state index is -4.87. The van der Waals surface area contributed by atoms with Gasteiger partial charge in [-0.3, -0.25) is 4.79 Å². The Morgan fingerprint density at radius 2 is 1.97 bits per heavy atom. The van der Waals surface area contributed by atoms with Gasteiger partial charge in [0, 0.05) is 30.6 Å². The lowest BCUT2D eigenvalue weighted by molar-refractivity contribution is -0.272. The average Bonchev–Trinajstić information content (AvgIpc) is 3.08. The van der Waals surface area contributed by atoms with Crippen molar-refractivity contribution in [2.24, 2.45) is 11.7 Å². The number of alkyl halides is 3. The number of nitrogens with zero attached hydrogens (tertiary/aromatic N) is 2. The summed E-state index contributed by atoms with van der Waals surface area (Å²) >= 11 is 0. The largest absolute Gasteiger partial charge is 0.493 e. The van der Waals surface area contributed by atoms with Crippen molar-refractivity contribution in [3.63, 3.8) is 0 Å². The lowest BCUT2D eigenvalue weighted by Gasteiger charge is -2.32. The fourth-order valence-electron chi connectivity index (χ4n) is 4.15. The summed E-state index contributed by atoms with van der Waals surface area (Å²) in [4.78, 5) is 21.1. The monoisotopic (exact) mass is 504 g/mol. The first kappa shape index (κ1) is 26.7. The fraction of sp³-hybridized carbons (Fsp3) is 0.500. The quantitative estimate of drug-likeness (QED) is 0.556. The SMILES string of the molecule is COC[C@@H](N)c1cc(NC(=O)[C@@H]2O[C@@](C)(C(F)(F)F)[C@@H](C)[C@H]2c2ccc(F)c(F)c2OC)ncn1. The number of hydrogen-bond acceptors (Lipinski definition) is 7. The molecule has 0 spiro atoms. The zero-order chi connectivity index (χ0) is 26.1. The van der Waals surface area contributed by atoms with Crippen molar-refractivity contribution in [3.05, 3.63) is 47.4 Å². The number of nitrogens with two attached hydrogens (primary N) is 1. The van der Waals surface area contributed by atoms with Crippen LogP contribution in [0.4, 0.5) is 27.8 Å². The molecular weight excluding hydrogens is 479 g/mol. The highest BCUT2D eigenvalue weighted by Crippen LogP contribution is 2.54. The number of aromatic nitrogens is 2. The summed E-state index contributed by atoms with van der Waals surface area (Å²) in [6, 6.07) is 2.54. The van der Waals surface area contributed by atoms with E-state index in [1.54, 1.807) is 0 Å². The molecule has 192 valence electrons. The van der Waals surface area contributed by atoms with Gasteiger partial charge in [0.05, 0.1) is 25.5 Å². The third-order valence-electron chi connectivity index (χ3n) is 6.24. The van der Waals surface area contributed by atoms with Crippen LogP contribution in [0.5, 0.6) is 5.75 Å². The number of benzene rings is 1. The third-order valence-corrected chi connectivity index (χ3v) is 6.24. The predicted molar refractivity (Wildman–Crippen MR) is 114 cm³/mol. The van der Waals surface area contributed by atoms with Gasteiger partial charge in [-0.15, -0.1) is 0 Å². The van der Waals surface area contributed by atoms with Crippen LogP contribution in [0.15, 0.2) is 24.5 Å². The van der Waals surface area contributed by atoms with Crippen LogP contribution in [0.1, 0.15) is 37.1 Å². The van der Waals surface area contributed by atoms with Crippen molar-refractivity contribution < 1.29 is 41.0 Å². The van der Waals surface area contributed by atoms with Gasteiger partial charge in [-0.1, -0.05) is 13.0 Å². The summed E-state index contributed by atoms with van der Waals surface area (Å²) in [7, 11) is 2.48. The topological polar surface area (TPSA) is 109 Å². The Morgan fingerprint density at radius 3 is 2.57 bits per heavy atom. The van der Waals surface area contributed by atoms with Crippen LogP contribution in [0.2, 0.25) is 0 Å². The Kier molecular flexibility index (Phi) is 7.62. The minimum Gasteiger partial charge on any atom is -0.493 e. The molecule has 3 rings (SSSR count). The van der Waals surface area contributed by atoms with Crippen molar-refractivity contribution >= 4 is 11.7 Å². The highest BCUT2D eigenvalue weighted by Gasteiger charge is 2.66. The second kappa shape index (κ2) is 9.99. The zero-order valence-corrected chi connectivity index (χ0v) is 19.3. The molecule has 13 heteroatoms. The maximum Gasteiger partial charge on any atom is 0.417 e. The van der Waals surface area contributed by atoms with Crippen LogP contribution >= 0.6 is 0 Å². The maximum atomic E-state index is 14.4. The summed E-state index contributed by atoms with van der Waals surface area (Å²) in [6.07, 6.45) is -5.50. The normalized spacial score (nSPS) is 25.4. The summed E-state index contributed by atoms with van der Waals surface area (Å²) in [5, 5.41) is 2.41. The molecule has 35 heavy (non-hydrogen) atoms. The zero-order valence-electron chi connectivity index (χ0n) is 19.3. The number of anilines is 1. The fourth-order valence-corrected chi connectivity index (χ4v) is 4.15. The van der Waals surface area contributed by atoms with Crippen molar-refractivity contribution in [2.45, 2.75) is 43.7 Å². The van der Waals surface area contributed by atoms with E-state index in [1.165, 1.54) is 20.1 Å². The highest BCUT2D eigenvalue weighted by molar-refractivity contribution is 5.94. The van der Waals surface area contributed by atoms with Gasteiger partial charge in [0.25, 0.3) is 5.91 Å². The molecule has 0 saturated carbocycles. The van der Waals surface area contributed by atoms with E-state index in [0.717, 1.165) is 32.5 Å². The highest BCUT2D eigenvalue weighted by atomic mass is 19.4. The summed E-state index contributed by atoms with van der Waals surface area (Å²) < 4.78 is 85.5. The number of rotatable bonds is 7. The molecule has 1 amide bonds. The molecule has 0 aliphatic carbocycles. The van der Waals surface area contributed by atoms with Gasteiger partial charge < -0.3 is 25.3 Å². The number of nitrogens with one attached hydrogen (secondary N) is 1. The standard InChI is InChI=1S/C22H25F5N4O4/c1-10-16(11-5-6-12(23)17(24)18(11)34-4)19(35-21(10,2)22(25,26)27)20(32)31-15-7-14(29-9-30-15)13(28)8-33-3/h5-7,9-10,13,16,19H,8,28H2,1-4H3,(H,29,30,31,32)/t10-,13+,16-,19+,21+/m0/s1. The second-order valence-corrected chi connectivity index (χ2v) is 8.32.